The molecule has 8 nitrogen and oxygen atoms in total. The second-order valence-corrected chi connectivity index (χ2v) is 9.42. The largest absolute Gasteiger partial charge is 0.378 e. The van der Waals surface area contributed by atoms with Crippen LogP contribution in [0.5, 0.6) is 0 Å². The Balaban J connectivity index is 1.49. The van der Waals surface area contributed by atoms with Crippen LogP contribution in [-0.2, 0) is 4.74 Å². The highest BCUT2D eigenvalue weighted by Crippen LogP contribution is 2.26. The van der Waals surface area contributed by atoms with Crippen molar-refractivity contribution in [3.63, 3.8) is 0 Å². The van der Waals surface area contributed by atoms with E-state index in [1.54, 1.807) is 6.20 Å². The van der Waals surface area contributed by atoms with Crippen molar-refractivity contribution in [2.45, 2.75) is 51.5 Å². The van der Waals surface area contributed by atoms with Gasteiger partial charge < -0.3 is 26.0 Å². The number of benzene rings is 1. The summed E-state index contributed by atoms with van der Waals surface area (Å²) in [6.07, 6.45) is 8.40. The number of nitrogens with zero attached hydrogens (tertiary/aromatic N) is 3. The molecule has 1 aromatic heterocycles. The van der Waals surface area contributed by atoms with E-state index in [2.05, 4.69) is 39.6 Å². The summed E-state index contributed by atoms with van der Waals surface area (Å²) in [6, 6.07) is 8.57. The van der Waals surface area contributed by atoms with E-state index in [1.165, 1.54) is 5.69 Å². The second kappa shape index (κ2) is 12.1. The predicted molar refractivity (Wildman–Crippen MR) is 139 cm³/mol. The Labute approximate surface area is 203 Å². The third-order valence-electron chi connectivity index (χ3n) is 6.85. The number of aromatic nitrogens is 2. The Morgan fingerprint density at radius 2 is 1.85 bits per heavy atom. The van der Waals surface area contributed by atoms with Crippen molar-refractivity contribution in [1.29, 1.82) is 5.41 Å². The lowest BCUT2D eigenvalue weighted by Crippen LogP contribution is -2.36. The number of nitrogens with one attached hydrogen (secondary N) is 3. The van der Waals surface area contributed by atoms with E-state index in [0.29, 0.717) is 23.6 Å². The number of hydrogen-bond acceptors (Lipinski definition) is 8. The minimum absolute atomic E-state index is 0.342. The van der Waals surface area contributed by atoms with Gasteiger partial charge in [-0.2, -0.15) is 4.98 Å². The number of nitrogens with two attached hydrogens (primary N) is 1. The third kappa shape index (κ3) is 6.45. The van der Waals surface area contributed by atoms with Gasteiger partial charge in [0, 0.05) is 49.7 Å². The first-order valence-electron chi connectivity index (χ1n) is 12.8. The van der Waals surface area contributed by atoms with Gasteiger partial charge in [-0.3, -0.25) is 5.41 Å². The zero-order valence-electron chi connectivity index (χ0n) is 20.4. The molecule has 0 amide bonds. The van der Waals surface area contributed by atoms with Crippen molar-refractivity contribution in [1.82, 2.24) is 9.97 Å². The molecule has 2 fully saturated rings. The second-order valence-electron chi connectivity index (χ2n) is 9.42. The third-order valence-corrected chi connectivity index (χ3v) is 6.85. The molecule has 0 spiro atoms. The summed E-state index contributed by atoms with van der Waals surface area (Å²) in [5, 5.41) is 15.8. The average Bonchev–Trinajstić information content (AvgIpc) is 2.89. The van der Waals surface area contributed by atoms with Gasteiger partial charge in [0.1, 0.15) is 5.82 Å². The first kappa shape index (κ1) is 24.4. The fourth-order valence-corrected chi connectivity index (χ4v) is 4.61. The van der Waals surface area contributed by atoms with Crippen LogP contribution >= 0.6 is 0 Å². The molecule has 1 saturated heterocycles. The molecule has 2 aromatic rings. The van der Waals surface area contributed by atoms with Gasteiger partial charge in [-0.15, -0.1) is 0 Å². The van der Waals surface area contributed by atoms with Gasteiger partial charge in [0.25, 0.3) is 0 Å². The van der Waals surface area contributed by atoms with E-state index in [1.807, 2.05) is 12.1 Å². The molecular weight excluding hydrogens is 426 g/mol. The van der Waals surface area contributed by atoms with Crippen LogP contribution in [0.1, 0.15) is 56.6 Å². The van der Waals surface area contributed by atoms with Gasteiger partial charge in [-0.25, -0.2) is 4.98 Å². The molecule has 0 unspecified atom stereocenters. The Hall–Kier alpha value is -2.71. The highest BCUT2D eigenvalue weighted by Gasteiger charge is 2.20. The van der Waals surface area contributed by atoms with Crippen LogP contribution in [0.15, 0.2) is 30.5 Å². The van der Waals surface area contributed by atoms with Gasteiger partial charge in [0.2, 0.25) is 5.95 Å². The SMILES string of the molecule is CCCCNc1ncc(C(=N)c2ccc(N3CCOCC3)cc2)c(NCC2CCC(N)CC2)n1. The van der Waals surface area contributed by atoms with Gasteiger partial charge in [0.15, 0.2) is 0 Å². The molecule has 8 heteroatoms. The Morgan fingerprint density at radius 3 is 2.56 bits per heavy atom. The van der Waals surface area contributed by atoms with Crippen molar-refractivity contribution in [2.75, 3.05) is 54.9 Å². The lowest BCUT2D eigenvalue weighted by Gasteiger charge is -2.29. The predicted octanol–water partition coefficient (Wildman–Crippen LogP) is 3.87. The van der Waals surface area contributed by atoms with Crippen molar-refractivity contribution in [3.8, 4) is 0 Å². The summed E-state index contributed by atoms with van der Waals surface area (Å²) < 4.78 is 5.46. The van der Waals surface area contributed by atoms with Crippen LogP contribution < -0.4 is 21.3 Å². The number of ether oxygens (including phenoxy) is 1. The zero-order valence-corrected chi connectivity index (χ0v) is 20.4. The van der Waals surface area contributed by atoms with Crippen LogP contribution in [-0.4, -0.2) is 61.1 Å². The zero-order chi connectivity index (χ0) is 23.8. The van der Waals surface area contributed by atoms with Gasteiger partial charge in [-0.1, -0.05) is 25.5 Å². The number of unbranched alkanes of at least 4 members (excludes halogenated alkanes) is 1. The van der Waals surface area contributed by atoms with E-state index < -0.39 is 0 Å². The maximum Gasteiger partial charge on any atom is 0.224 e. The Bertz CT molecular complexity index is 919. The molecule has 184 valence electrons. The summed E-state index contributed by atoms with van der Waals surface area (Å²) >= 11 is 0. The highest BCUT2D eigenvalue weighted by atomic mass is 16.5. The molecule has 5 N–H and O–H groups in total. The van der Waals surface area contributed by atoms with E-state index >= 15 is 0 Å². The fourth-order valence-electron chi connectivity index (χ4n) is 4.61. The van der Waals surface area contributed by atoms with Crippen molar-refractivity contribution in [3.05, 3.63) is 41.6 Å². The van der Waals surface area contributed by atoms with Crippen molar-refractivity contribution >= 4 is 23.2 Å². The first-order valence-corrected chi connectivity index (χ1v) is 12.8. The minimum Gasteiger partial charge on any atom is -0.378 e. The maximum atomic E-state index is 8.92. The summed E-state index contributed by atoms with van der Waals surface area (Å²) in [5.74, 6) is 1.92. The maximum absolute atomic E-state index is 8.92. The molecule has 1 aromatic carbocycles. The van der Waals surface area contributed by atoms with E-state index in [-0.39, 0.29) is 0 Å². The molecule has 0 atom stereocenters. The smallest absolute Gasteiger partial charge is 0.224 e. The van der Waals surface area contributed by atoms with Crippen LogP contribution in [0, 0.1) is 11.3 Å². The monoisotopic (exact) mass is 465 g/mol. The highest BCUT2D eigenvalue weighted by molar-refractivity contribution is 6.13. The average molecular weight is 466 g/mol. The molecule has 2 aliphatic rings. The van der Waals surface area contributed by atoms with E-state index in [0.717, 1.165) is 94.9 Å². The van der Waals surface area contributed by atoms with Crippen LogP contribution in [0.2, 0.25) is 0 Å². The molecule has 2 heterocycles. The van der Waals surface area contributed by atoms with Gasteiger partial charge in [-0.05, 0) is 50.2 Å². The topological polar surface area (TPSA) is 112 Å². The number of morpholine rings is 1. The number of hydrogen-bond donors (Lipinski definition) is 4. The summed E-state index contributed by atoms with van der Waals surface area (Å²) in [6.45, 7) is 7.17. The number of rotatable bonds is 10. The lowest BCUT2D eigenvalue weighted by atomic mass is 9.86. The summed E-state index contributed by atoms with van der Waals surface area (Å²) in [7, 11) is 0. The standard InChI is InChI=1S/C26H39N7O/c1-2-3-12-29-26-31-18-23(25(32-26)30-17-19-4-8-21(27)9-5-19)24(28)20-6-10-22(11-7-20)33-13-15-34-16-14-33/h6-7,10-11,18-19,21,28H,2-5,8-9,12-17,27H2,1H3,(H2,29,30,31,32). The number of anilines is 3. The van der Waals surface area contributed by atoms with Crippen molar-refractivity contribution < 1.29 is 4.74 Å². The Kier molecular flexibility index (Phi) is 8.71. The molecule has 0 radical (unpaired) electrons. The van der Waals surface area contributed by atoms with Crippen LogP contribution in [0.25, 0.3) is 0 Å². The van der Waals surface area contributed by atoms with E-state index in [9.17, 15) is 0 Å². The molecule has 0 bridgehead atoms. The summed E-state index contributed by atoms with van der Waals surface area (Å²) in [5.41, 5.74) is 9.27. The fraction of sp³-hybridized carbons (Fsp3) is 0.577. The van der Waals surface area contributed by atoms with Gasteiger partial charge in [0.05, 0.1) is 24.5 Å². The van der Waals surface area contributed by atoms with Gasteiger partial charge >= 0.3 is 0 Å². The molecule has 4 rings (SSSR count). The quantitative estimate of drug-likeness (QED) is 0.311. The Morgan fingerprint density at radius 1 is 1.12 bits per heavy atom. The molecule has 1 saturated carbocycles. The normalized spacial score (nSPS) is 20.7. The first-order chi connectivity index (χ1) is 16.6. The van der Waals surface area contributed by atoms with Crippen molar-refractivity contribution in [2.24, 2.45) is 11.7 Å². The minimum atomic E-state index is 0.342. The van der Waals surface area contributed by atoms with Crippen LogP contribution in [0.3, 0.4) is 0 Å². The molecule has 1 aliphatic heterocycles. The summed E-state index contributed by atoms with van der Waals surface area (Å²) in [4.78, 5) is 11.6. The van der Waals surface area contributed by atoms with Crippen LogP contribution in [0.4, 0.5) is 17.5 Å². The lowest BCUT2D eigenvalue weighted by molar-refractivity contribution is 0.122. The molecule has 1 aliphatic carbocycles. The molecular formula is C26H39N7O. The van der Waals surface area contributed by atoms with E-state index in [4.69, 9.17) is 20.9 Å². The molecule has 34 heavy (non-hydrogen) atoms.